The molecule has 186 valence electrons. The van der Waals surface area contributed by atoms with Crippen molar-refractivity contribution in [3.8, 4) is 0 Å². The molecule has 0 saturated heterocycles. The van der Waals surface area contributed by atoms with E-state index >= 15 is 0 Å². The first kappa shape index (κ1) is 24.6. The SMILES string of the molecule is CC(C)(C)c1cnc(CN(CCC2=CCCCC2)c2c(N)n(Cc3ccccc3)c(=O)[nH]c2=O)o1. The van der Waals surface area contributed by atoms with Crippen LogP contribution in [0.3, 0.4) is 0 Å². The zero-order chi connectivity index (χ0) is 25.0. The number of nitrogens with one attached hydrogen (secondary N) is 1. The van der Waals surface area contributed by atoms with E-state index in [-0.39, 0.29) is 30.0 Å². The van der Waals surface area contributed by atoms with E-state index in [1.807, 2.05) is 35.2 Å². The number of nitrogens with zero attached hydrogens (tertiary/aromatic N) is 3. The number of rotatable bonds is 8. The van der Waals surface area contributed by atoms with Gasteiger partial charge in [-0.15, -0.1) is 0 Å². The van der Waals surface area contributed by atoms with Crippen molar-refractivity contribution in [3.63, 3.8) is 0 Å². The molecule has 4 rings (SSSR count). The van der Waals surface area contributed by atoms with Crippen molar-refractivity contribution in [2.75, 3.05) is 17.2 Å². The maximum Gasteiger partial charge on any atom is 0.330 e. The highest BCUT2D eigenvalue weighted by Crippen LogP contribution is 2.27. The zero-order valence-corrected chi connectivity index (χ0v) is 20.8. The molecule has 3 N–H and O–H groups in total. The van der Waals surface area contributed by atoms with Gasteiger partial charge in [-0.05, 0) is 37.7 Å². The summed E-state index contributed by atoms with van der Waals surface area (Å²) in [5, 5.41) is 0. The molecule has 0 radical (unpaired) electrons. The number of hydrogen-bond acceptors (Lipinski definition) is 6. The van der Waals surface area contributed by atoms with E-state index in [4.69, 9.17) is 10.2 Å². The predicted molar refractivity (Wildman–Crippen MR) is 139 cm³/mol. The normalized spacial score (nSPS) is 14.1. The summed E-state index contributed by atoms with van der Waals surface area (Å²) < 4.78 is 7.44. The van der Waals surface area contributed by atoms with Crippen LogP contribution in [-0.4, -0.2) is 21.1 Å². The summed E-state index contributed by atoms with van der Waals surface area (Å²) in [6.07, 6.45) is 9.41. The van der Waals surface area contributed by atoms with Crippen molar-refractivity contribution in [2.45, 2.75) is 71.4 Å². The van der Waals surface area contributed by atoms with Gasteiger partial charge in [-0.2, -0.15) is 0 Å². The first-order valence-corrected chi connectivity index (χ1v) is 12.3. The molecule has 3 aromatic rings. The van der Waals surface area contributed by atoms with E-state index < -0.39 is 11.2 Å². The Hall–Kier alpha value is -3.55. The number of hydrogen-bond donors (Lipinski definition) is 2. The molecule has 0 bridgehead atoms. The van der Waals surface area contributed by atoms with E-state index in [1.165, 1.54) is 23.0 Å². The molecule has 0 aliphatic heterocycles. The summed E-state index contributed by atoms with van der Waals surface area (Å²) >= 11 is 0. The second-order valence-corrected chi connectivity index (χ2v) is 10.2. The van der Waals surface area contributed by atoms with Gasteiger partial charge in [0, 0.05) is 12.0 Å². The Morgan fingerprint density at radius 2 is 1.94 bits per heavy atom. The van der Waals surface area contributed by atoms with Gasteiger partial charge >= 0.3 is 5.69 Å². The molecule has 1 aliphatic carbocycles. The number of nitrogen functional groups attached to an aromatic ring is 1. The number of H-pyrrole nitrogens is 1. The van der Waals surface area contributed by atoms with Crippen LogP contribution in [0.4, 0.5) is 11.5 Å². The molecule has 2 aromatic heterocycles. The fourth-order valence-corrected chi connectivity index (χ4v) is 4.38. The van der Waals surface area contributed by atoms with Crippen LogP contribution in [0, 0.1) is 0 Å². The van der Waals surface area contributed by atoms with E-state index in [1.54, 1.807) is 6.20 Å². The minimum Gasteiger partial charge on any atom is -0.443 e. The van der Waals surface area contributed by atoms with Gasteiger partial charge in [0.05, 0.1) is 19.3 Å². The van der Waals surface area contributed by atoms with Crippen molar-refractivity contribution >= 4 is 11.5 Å². The van der Waals surface area contributed by atoms with Gasteiger partial charge in [0.2, 0.25) is 5.89 Å². The summed E-state index contributed by atoms with van der Waals surface area (Å²) in [7, 11) is 0. The summed E-state index contributed by atoms with van der Waals surface area (Å²) in [5.74, 6) is 1.42. The number of benzene rings is 1. The molecule has 0 atom stereocenters. The zero-order valence-electron chi connectivity index (χ0n) is 20.8. The number of allylic oxidation sites excluding steroid dienone is 1. The number of aromatic amines is 1. The highest BCUT2D eigenvalue weighted by Gasteiger charge is 2.24. The van der Waals surface area contributed by atoms with Crippen LogP contribution in [0.15, 0.2) is 62.2 Å². The van der Waals surface area contributed by atoms with Gasteiger partial charge in [-0.1, -0.05) is 62.8 Å². The van der Waals surface area contributed by atoms with Crippen molar-refractivity contribution in [2.24, 2.45) is 0 Å². The fraction of sp³-hybridized carbons (Fsp3) is 0.444. The van der Waals surface area contributed by atoms with Crippen LogP contribution in [0.5, 0.6) is 0 Å². The van der Waals surface area contributed by atoms with Gasteiger partial charge in [0.25, 0.3) is 5.56 Å². The van der Waals surface area contributed by atoms with E-state index in [0.29, 0.717) is 12.4 Å². The van der Waals surface area contributed by atoms with Gasteiger partial charge in [0.15, 0.2) is 0 Å². The fourth-order valence-electron chi connectivity index (χ4n) is 4.38. The van der Waals surface area contributed by atoms with Crippen molar-refractivity contribution in [3.05, 3.63) is 86.2 Å². The van der Waals surface area contributed by atoms with E-state index in [2.05, 4.69) is 36.8 Å². The van der Waals surface area contributed by atoms with Crippen LogP contribution in [0.2, 0.25) is 0 Å². The van der Waals surface area contributed by atoms with Crippen molar-refractivity contribution in [1.29, 1.82) is 0 Å². The Morgan fingerprint density at radius 3 is 2.60 bits per heavy atom. The Morgan fingerprint density at radius 1 is 1.17 bits per heavy atom. The Kier molecular flexibility index (Phi) is 7.28. The van der Waals surface area contributed by atoms with E-state index in [9.17, 15) is 9.59 Å². The van der Waals surface area contributed by atoms with Crippen LogP contribution in [0.1, 0.15) is 70.1 Å². The summed E-state index contributed by atoms with van der Waals surface area (Å²) in [6, 6.07) is 9.57. The van der Waals surface area contributed by atoms with Crippen LogP contribution in [-0.2, 0) is 18.5 Å². The standard InChI is InChI=1S/C27H35N5O3/c1-27(2,3)21-16-29-22(35-21)18-31(15-14-19-10-6-4-7-11-19)23-24(28)32(26(34)30-25(23)33)17-20-12-8-5-9-13-20/h5,8-10,12-13,16H,4,6-7,11,14-15,17-18,28H2,1-3H3,(H,30,33,34). The first-order valence-electron chi connectivity index (χ1n) is 12.3. The number of nitrogens with two attached hydrogens (primary N) is 1. The van der Waals surface area contributed by atoms with Crippen LogP contribution >= 0.6 is 0 Å². The highest BCUT2D eigenvalue weighted by molar-refractivity contribution is 5.62. The Balaban J connectivity index is 1.70. The third kappa shape index (κ3) is 5.93. The molecule has 0 fully saturated rings. The largest absolute Gasteiger partial charge is 0.443 e. The molecular weight excluding hydrogens is 442 g/mol. The van der Waals surface area contributed by atoms with Gasteiger partial charge < -0.3 is 15.1 Å². The summed E-state index contributed by atoms with van der Waals surface area (Å²) in [5.41, 5.74) is 7.87. The summed E-state index contributed by atoms with van der Waals surface area (Å²) in [6.45, 7) is 7.30. The van der Waals surface area contributed by atoms with Gasteiger partial charge in [0.1, 0.15) is 17.3 Å². The molecule has 0 unspecified atom stereocenters. The lowest BCUT2D eigenvalue weighted by molar-refractivity contribution is 0.380. The molecule has 1 aliphatic rings. The third-order valence-corrected chi connectivity index (χ3v) is 6.42. The summed E-state index contributed by atoms with van der Waals surface area (Å²) in [4.78, 5) is 34.6. The Bertz CT molecular complexity index is 1290. The second-order valence-electron chi connectivity index (χ2n) is 10.2. The maximum atomic E-state index is 13.1. The van der Waals surface area contributed by atoms with Crippen LogP contribution in [0.25, 0.3) is 0 Å². The molecule has 1 aromatic carbocycles. The minimum absolute atomic E-state index is 0.142. The average Bonchev–Trinajstić information content (AvgIpc) is 3.31. The topological polar surface area (TPSA) is 110 Å². The lowest BCUT2D eigenvalue weighted by atomic mass is 9.94. The third-order valence-electron chi connectivity index (χ3n) is 6.42. The highest BCUT2D eigenvalue weighted by atomic mass is 16.4. The number of aromatic nitrogens is 3. The number of oxazole rings is 1. The van der Waals surface area contributed by atoms with Crippen LogP contribution < -0.4 is 21.9 Å². The van der Waals surface area contributed by atoms with Gasteiger partial charge in [-0.25, -0.2) is 9.78 Å². The molecule has 0 spiro atoms. The lowest BCUT2D eigenvalue weighted by Gasteiger charge is -2.26. The number of anilines is 2. The van der Waals surface area contributed by atoms with Crippen molar-refractivity contribution < 1.29 is 4.42 Å². The molecule has 0 amide bonds. The maximum absolute atomic E-state index is 13.1. The average molecular weight is 478 g/mol. The second kappa shape index (κ2) is 10.4. The molecule has 0 saturated carbocycles. The van der Waals surface area contributed by atoms with Gasteiger partial charge in [-0.3, -0.25) is 14.3 Å². The minimum atomic E-state index is -0.527. The molecule has 2 heterocycles. The predicted octanol–water partition coefficient (Wildman–Crippen LogP) is 4.35. The molecule has 8 nitrogen and oxygen atoms in total. The molecular formula is C27H35N5O3. The lowest BCUT2D eigenvalue weighted by Crippen LogP contribution is -2.39. The quantitative estimate of drug-likeness (QED) is 0.467. The Labute approximate surface area is 205 Å². The molecule has 8 heteroatoms. The molecule has 35 heavy (non-hydrogen) atoms. The smallest absolute Gasteiger partial charge is 0.330 e. The monoisotopic (exact) mass is 477 g/mol. The van der Waals surface area contributed by atoms with E-state index in [0.717, 1.165) is 30.6 Å². The first-order chi connectivity index (χ1) is 16.7. The van der Waals surface area contributed by atoms with Crippen molar-refractivity contribution in [1.82, 2.24) is 14.5 Å².